The lowest BCUT2D eigenvalue weighted by atomic mass is 10.2. The molecule has 0 radical (unpaired) electrons. The van der Waals surface area contributed by atoms with Gasteiger partial charge in [0.25, 0.3) is 6.43 Å². The Morgan fingerprint density at radius 1 is 1.29 bits per heavy atom. The highest BCUT2D eigenvalue weighted by Gasteiger charge is 2.23. The highest BCUT2D eigenvalue weighted by Crippen LogP contribution is 2.24. The summed E-state index contributed by atoms with van der Waals surface area (Å²) in [5.74, 6) is -1.01. The van der Waals surface area contributed by atoms with Crippen LogP contribution in [0, 0.1) is 5.82 Å². The van der Waals surface area contributed by atoms with E-state index < -0.39 is 33.7 Å². The molecule has 0 bridgehead atoms. The van der Waals surface area contributed by atoms with Crippen molar-refractivity contribution < 1.29 is 21.6 Å². The van der Waals surface area contributed by atoms with Gasteiger partial charge in [0.15, 0.2) is 0 Å². The lowest BCUT2D eigenvalue weighted by Gasteiger charge is -2.13. The molecule has 0 saturated heterocycles. The zero-order chi connectivity index (χ0) is 16.2. The van der Waals surface area contributed by atoms with Crippen molar-refractivity contribution in [1.82, 2.24) is 10.0 Å². The molecule has 0 amide bonds. The average molecular weight is 345 g/mol. The number of hydrogen-bond donors (Lipinski definition) is 2. The number of halogens is 4. The predicted octanol–water partition coefficient (Wildman–Crippen LogP) is 2.52. The van der Waals surface area contributed by atoms with E-state index in [2.05, 4.69) is 5.32 Å². The fourth-order valence-corrected chi connectivity index (χ4v) is 2.96. The van der Waals surface area contributed by atoms with E-state index >= 15 is 0 Å². The van der Waals surface area contributed by atoms with E-state index in [1.165, 1.54) is 6.07 Å². The highest BCUT2D eigenvalue weighted by molar-refractivity contribution is 7.89. The van der Waals surface area contributed by atoms with Gasteiger partial charge in [-0.25, -0.2) is 26.3 Å². The Balaban J connectivity index is 3.12. The van der Waals surface area contributed by atoms with E-state index in [1.54, 1.807) is 4.72 Å². The first-order chi connectivity index (χ1) is 9.63. The number of benzene rings is 1. The van der Waals surface area contributed by atoms with Gasteiger partial charge in [0, 0.05) is 23.2 Å². The van der Waals surface area contributed by atoms with Crippen LogP contribution in [0.5, 0.6) is 0 Å². The molecule has 0 spiro atoms. The number of sulfonamides is 1. The van der Waals surface area contributed by atoms with Crippen LogP contribution in [-0.2, 0) is 16.6 Å². The molecule has 1 aromatic rings. The smallest absolute Gasteiger partial charge is 0.251 e. The van der Waals surface area contributed by atoms with Crippen LogP contribution >= 0.6 is 11.6 Å². The summed E-state index contributed by atoms with van der Waals surface area (Å²) in [5, 5.41) is 2.93. The molecular weight excluding hydrogens is 329 g/mol. The van der Waals surface area contributed by atoms with Gasteiger partial charge in [0.2, 0.25) is 10.0 Å². The molecule has 0 aromatic heterocycles. The Morgan fingerprint density at radius 2 is 1.90 bits per heavy atom. The van der Waals surface area contributed by atoms with Crippen molar-refractivity contribution in [3.05, 3.63) is 28.5 Å². The first kappa shape index (κ1) is 18.2. The fourth-order valence-electron chi connectivity index (χ4n) is 1.51. The molecule has 9 heteroatoms. The van der Waals surface area contributed by atoms with E-state index in [-0.39, 0.29) is 23.2 Å². The van der Waals surface area contributed by atoms with Crippen LogP contribution in [0.3, 0.4) is 0 Å². The summed E-state index contributed by atoms with van der Waals surface area (Å²) in [4.78, 5) is -0.740. The van der Waals surface area contributed by atoms with Crippen LogP contribution in [-0.4, -0.2) is 27.4 Å². The molecule has 4 nitrogen and oxygen atoms in total. The number of rotatable bonds is 7. The lowest BCUT2D eigenvalue weighted by molar-refractivity contribution is 0.153. The molecule has 1 rings (SSSR count). The minimum absolute atomic E-state index is 0.00868. The summed E-state index contributed by atoms with van der Waals surface area (Å²) < 4.78 is 63.7. The SMILES string of the molecule is CC(C)NCc1cc(Cl)cc(S(=O)(=O)NCC(F)F)c1F. The first-order valence-corrected chi connectivity index (χ1v) is 7.98. The fraction of sp³-hybridized carbons (Fsp3) is 0.500. The Bertz CT molecular complexity index is 594. The minimum Gasteiger partial charge on any atom is -0.310 e. The second-order valence-corrected chi connectivity index (χ2v) is 6.83. The van der Waals surface area contributed by atoms with Crippen LogP contribution in [0.2, 0.25) is 5.02 Å². The van der Waals surface area contributed by atoms with Crippen molar-refractivity contribution in [2.24, 2.45) is 0 Å². The summed E-state index contributed by atoms with van der Waals surface area (Å²) in [7, 11) is -4.39. The summed E-state index contributed by atoms with van der Waals surface area (Å²) in [6, 6.07) is 2.24. The number of hydrogen-bond acceptors (Lipinski definition) is 3. The van der Waals surface area contributed by atoms with Crippen LogP contribution in [0.4, 0.5) is 13.2 Å². The van der Waals surface area contributed by atoms with Crippen molar-refractivity contribution in [3.63, 3.8) is 0 Å². The third-order valence-electron chi connectivity index (χ3n) is 2.50. The molecule has 0 fully saturated rings. The zero-order valence-electron chi connectivity index (χ0n) is 11.5. The van der Waals surface area contributed by atoms with E-state index in [0.29, 0.717) is 0 Å². The monoisotopic (exact) mass is 344 g/mol. The van der Waals surface area contributed by atoms with Gasteiger partial charge in [-0.1, -0.05) is 25.4 Å². The van der Waals surface area contributed by atoms with Gasteiger partial charge in [-0.3, -0.25) is 0 Å². The van der Waals surface area contributed by atoms with Crippen LogP contribution in [0.1, 0.15) is 19.4 Å². The van der Waals surface area contributed by atoms with E-state index in [0.717, 1.165) is 6.07 Å². The van der Waals surface area contributed by atoms with Gasteiger partial charge in [0.1, 0.15) is 10.7 Å². The van der Waals surface area contributed by atoms with E-state index in [9.17, 15) is 21.6 Å². The van der Waals surface area contributed by atoms with Gasteiger partial charge in [-0.2, -0.15) is 0 Å². The Kier molecular flexibility index (Phi) is 6.45. The average Bonchev–Trinajstić information content (AvgIpc) is 2.37. The standard InChI is InChI=1S/C12H16ClF3N2O2S/c1-7(2)17-5-8-3-9(13)4-10(12(8)16)21(19,20)18-6-11(14)15/h3-4,7,11,17-18H,5-6H2,1-2H3. The van der Waals surface area contributed by atoms with Crippen molar-refractivity contribution in [1.29, 1.82) is 0 Å². The molecule has 0 atom stereocenters. The largest absolute Gasteiger partial charge is 0.310 e. The van der Waals surface area contributed by atoms with Crippen LogP contribution < -0.4 is 10.0 Å². The van der Waals surface area contributed by atoms with Crippen LogP contribution in [0.25, 0.3) is 0 Å². The molecule has 1 aromatic carbocycles. The van der Waals surface area contributed by atoms with E-state index in [1.807, 2.05) is 13.8 Å². The first-order valence-electron chi connectivity index (χ1n) is 6.12. The Labute approximate surface area is 126 Å². The third kappa shape index (κ3) is 5.46. The highest BCUT2D eigenvalue weighted by atomic mass is 35.5. The molecule has 0 aliphatic rings. The maximum Gasteiger partial charge on any atom is 0.251 e. The topological polar surface area (TPSA) is 58.2 Å². The van der Waals surface area contributed by atoms with Gasteiger partial charge in [0.05, 0.1) is 6.54 Å². The molecular formula is C12H16ClF3N2O2S. The second kappa shape index (κ2) is 7.44. The molecule has 0 saturated carbocycles. The van der Waals surface area contributed by atoms with Crippen LogP contribution in [0.15, 0.2) is 17.0 Å². The third-order valence-corrected chi connectivity index (χ3v) is 4.14. The summed E-state index contributed by atoms with van der Waals surface area (Å²) in [6.07, 6.45) is -2.87. The molecule has 0 aliphatic carbocycles. The number of alkyl halides is 2. The maximum absolute atomic E-state index is 14.2. The normalized spacial score (nSPS) is 12.4. The van der Waals surface area contributed by atoms with Gasteiger partial charge in [-0.15, -0.1) is 0 Å². The summed E-state index contributed by atoms with van der Waals surface area (Å²) in [6.45, 7) is 2.66. The van der Waals surface area contributed by atoms with Gasteiger partial charge in [-0.05, 0) is 12.1 Å². The molecule has 120 valence electrons. The molecule has 0 heterocycles. The zero-order valence-corrected chi connectivity index (χ0v) is 13.0. The Morgan fingerprint density at radius 3 is 2.43 bits per heavy atom. The summed E-state index contributed by atoms with van der Waals surface area (Å²) in [5.41, 5.74) is 0.0496. The van der Waals surface area contributed by atoms with E-state index in [4.69, 9.17) is 11.6 Å². The molecule has 0 unspecified atom stereocenters. The van der Waals surface area contributed by atoms with Gasteiger partial charge >= 0.3 is 0 Å². The molecule has 2 N–H and O–H groups in total. The van der Waals surface area contributed by atoms with Crippen molar-refractivity contribution in [2.75, 3.05) is 6.54 Å². The lowest BCUT2D eigenvalue weighted by Crippen LogP contribution is -2.30. The number of nitrogens with one attached hydrogen (secondary N) is 2. The van der Waals surface area contributed by atoms with Gasteiger partial charge < -0.3 is 5.32 Å². The maximum atomic E-state index is 14.2. The molecule has 21 heavy (non-hydrogen) atoms. The predicted molar refractivity (Wildman–Crippen MR) is 74.6 cm³/mol. The van der Waals surface area contributed by atoms with Crippen molar-refractivity contribution in [3.8, 4) is 0 Å². The summed E-state index contributed by atoms with van der Waals surface area (Å²) >= 11 is 5.77. The van der Waals surface area contributed by atoms with Crippen molar-refractivity contribution in [2.45, 2.75) is 37.8 Å². The molecule has 0 aliphatic heterocycles. The van der Waals surface area contributed by atoms with Crippen molar-refractivity contribution >= 4 is 21.6 Å². The minimum atomic E-state index is -4.39. The second-order valence-electron chi connectivity index (χ2n) is 4.66. The Hall–Kier alpha value is -0.830. The quantitative estimate of drug-likeness (QED) is 0.799.